The summed E-state index contributed by atoms with van der Waals surface area (Å²) in [7, 11) is 0. The van der Waals surface area contributed by atoms with E-state index in [1.54, 1.807) is 0 Å². The Hall–Kier alpha value is -3.40. The first-order chi connectivity index (χ1) is 12.6. The Morgan fingerprint density at radius 2 is 1.62 bits per heavy atom. The van der Waals surface area contributed by atoms with Crippen molar-refractivity contribution in [2.24, 2.45) is 0 Å². The Morgan fingerprint density at radius 3 is 2.35 bits per heavy atom. The van der Waals surface area contributed by atoms with E-state index in [1.807, 2.05) is 85.1 Å². The third kappa shape index (κ3) is 2.97. The van der Waals surface area contributed by atoms with Crippen LogP contribution in [0.15, 0.2) is 72.9 Å². The van der Waals surface area contributed by atoms with Crippen molar-refractivity contribution in [1.82, 2.24) is 9.38 Å². The first-order valence-corrected chi connectivity index (χ1v) is 8.54. The molecule has 1 amide bonds. The number of nitrogens with zero attached hydrogens (tertiary/aromatic N) is 2. The minimum absolute atomic E-state index is 0.139. The van der Waals surface area contributed by atoms with E-state index < -0.39 is 0 Å². The molecule has 0 aliphatic rings. The summed E-state index contributed by atoms with van der Waals surface area (Å²) in [6.07, 6.45) is 1.91. The summed E-state index contributed by atoms with van der Waals surface area (Å²) in [5.74, 6) is 0.538. The summed E-state index contributed by atoms with van der Waals surface area (Å²) in [6.45, 7) is 3.99. The Kier molecular flexibility index (Phi) is 4.01. The van der Waals surface area contributed by atoms with E-state index in [-0.39, 0.29) is 5.91 Å². The smallest absolute Gasteiger partial charge is 0.256 e. The molecule has 0 radical (unpaired) electrons. The highest BCUT2D eigenvalue weighted by Gasteiger charge is 2.17. The van der Waals surface area contributed by atoms with E-state index >= 15 is 0 Å². The Morgan fingerprint density at radius 1 is 0.923 bits per heavy atom. The van der Waals surface area contributed by atoms with Gasteiger partial charge in [-0.3, -0.25) is 9.20 Å². The summed E-state index contributed by atoms with van der Waals surface area (Å²) in [5.41, 5.74) is 5.30. The summed E-state index contributed by atoms with van der Waals surface area (Å²) in [4.78, 5) is 17.6. The number of anilines is 1. The second kappa shape index (κ2) is 6.48. The van der Waals surface area contributed by atoms with Crippen LogP contribution in [0.5, 0.6) is 0 Å². The van der Waals surface area contributed by atoms with Crippen LogP contribution in [0.25, 0.3) is 16.9 Å². The maximum absolute atomic E-state index is 12.9. The van der Waals surface area contributed by atoms with Gasteiger partial charge in [0.05, 0.1) is 0 Å². The Labute approximate surface area is 152 Å². The second-order valence-electron chi connectivity index (χ2n) is 6.43. The van der Waals surface area contributed by atoms with Gasteiger partial charge < -0.3 is 5.32 Å². The fourth-order valence-corrected chi connectivity index (χ4v) is 3.20. The minimum atomic E-state index is -0.139. The summed E-state index contributed by atoms with van der Waals surface area (Å²) < 4.78 is 1.91. The van der Waals surface area contributed by atoms with Crippen LogP contribution < -0.4 is 5.32 Å². The molecule has 1 N–H and O–H groups in total. The van der Waals surface area contributed by atoms with Crippen LogP contribution in [0.4, 0.5) is 5.82 Å². The number of carbonyl (C=O) groups excluding carboxylic acids is 1. The molecule has 0 fully saturated rings. The number of amides is 1. The molecule has 0 aliphatic carbocycles. The number of imidazole rings is 1. The quantitative estimate of drug-likeness (QED) is 0.578. The van der Waals surface area contributed by atoms with Gasteiger partial charge in [-0.25, -0.2) is 4.98 Å². The van der Waals surface area contributed by atoms with Gasteiger partial charge in [0.1, 0.15) is 17.2 Å². The molecule has 2 aromatic heterocycles. The second-order valence-corrected chi connectivity index (χ2v) is 6.43. The van der Waals surface area contributed by atoms with Gasteiger partial charge in [0.15, 0.2) is 0 Å². The van der Waals surface area contributed by atoms with Crippen molar-refractivity contribution in [2.45, 2.75) is 13.8 Å². The monoisotopic (exact) mass is 341 g/mol. The number of hydrogen-bond acceptors (Lipinski definition) is 2. The van der Waals surface area contributed by atoms with Crippen molar-refractivity contribution in [3.8, 4) is 11.3 Å². The molecular formula is C22H19N3O. The number of aryl methyl sites for hydroxylation is 2. The first-order valence-electron chi connectivity index (χ1n) is 8.54. The lowest BCUT2D eigenvalue weighted by molar-refractivity contribution is 0.102. The molecule has 2 heterocycles. The van der Waals surface area contributed by atoms with Crippen LogP contribution >= 0.6 is 0 Å². The number of rotatable bonds is 3. The van der Waals surface area contributed by atoms with E-state index in [1.165, 1.54) is 0 Å². The molecule has 26 heavy (non-hydrogen) atoms. The molecule has 0 atom stereocenters. The highest BCUT2D eigenvalue weighted by Crippen LogP contribution is 2.29. The highest BCUT2D eigenvalue weighted by molar-refractivity contribution is 6.06. The maximum Gasteiger partial charge on any atom is 0.256 e. The molecule has 4 heteroatoms. The predicted octanol–water partition coefficient (Wildman–Crippen LogP) is 4.87. The van der Waals surface area contributed by atoms with Gasteiger partial charge in [0.25, 0.3) is 5.91 Å². The van der Waals surface area contributed by atoms with Crippen molar-refractivity contribution < 1.29 is 4.79 Å². The topological polar surface area (TPSA) is 46.4 Å². The van der Waals surface area contributed by atoms with Gasteiger partial charge in [0.2, 0.25) is 0 Å². The lowest BCUT2D eigenvalue weighted by Gasteiger charge is -2.09. The average Bonchev–Trinajstić information content (AvgIpc) is 3.00. The number of hydrogen-bond donors (Lipinski definition) is 1. The molecule has 0 saturated heterocycles. The highest BCUT2D eigenvalue weighted by atomic mass is 16.1. The number of benzene rings is 2. The number of carbonyl (C=O) groups is 1. The summed E-state index contributed by atoms with van der Waals surface area (Å²) >= 11 is 0. The minimum Gasteiger partial charge on any atom is -0.306 e. The van der Waals surface area contributed by atoms with Crippen LogP contribution in [-0.2, 0) is 0 Å². The number of nitrogens with one attached hydrogen (secondary N) is 1. The molecule has 4 nitrogen and oxygen atoms in total. The summed E-state index contributed by atoms with van der Waals surface area (Å²) in [6, 6.07) is 21.5. The number of pyridine rings is 1. The fraction of sp³-hybridized carbons (Fsp3) is 0.0909. The van der Waals surface area contributed by atoms with Crippen molar-refractivity contribution in [2.75, 3.05) is 5.32 Å². The van der Waals surface area contributed by atoms with E-state index in [0.29, 0.717) is 11.4 Å². The van der Waals surface area contributed by atoms with Crippen LogP contribution in [0.3, 0.4) is 0 Å². The Balaban J connectivity index is 1.81. The maximum atomic E-state index is 12.9. The molecule has 0 unspecified atom stereocenters. The van der Waals surface area contributed by atoms with Gasteiger partial charge >= 0.3 is 0 Å². The lowest BCUT2D eigenvalue weighted by atomic mass is 10.1. The largest absolute Gasteiger partial charge is 0.306 e. The molecule has 4 aromatic rings. The van der Waals surface area contributed by atoms with E-state index in [2.05, 4.69) is 11.4 Å². The van der Waals surface area contributed by atoms with Crippen LogP contribution in [0.1, 0.15) is 21.5 Å². The van der Waals surface area contributed by atoms with Crippen molar-refractivity contribution in [3.63, 3.8) is 0 Å². The van der Waals surface area contributed by atoms with Gasteiger partial charge in [-0.1, -0.05) is 53.6 Å². The zero-order valence-electron chi connectivity index (χ0n) is 14.7. The average molecular weight is 341 g/mol. The SMILES string of the molecule is Cc1cc(C)cc(C(=O)Nc2c(-c3ccccc3)nc3ccccn23)c1. The Bertz CT molecular complexity index is 1080. The third-order valence-electron chi connectivity index (χ3n) is 4.29. The van der Waals surface area contributed by atoms with Crippen LogP contribution in [0, 0.1) is 13.8 Å². The molecule has 0 saturated carbocycles. The zero-order valence-corrected chi connectivity index (χ0v) is 14.7. The number of fused-ring (bicyclic) bond motifs is 1. The first kappa shape index (κ1) is 16.1. The van der Waals surface area contributed by atoms with E-state index in [9.17, 15) is 4.79 Å². The van der Waals surface area contributed by atoms with Crippen molar-refractivity contribution in [1.29, 1.82) is 0 Å². The fourth-order valence-electron chi connectivity index (χ4n) is 3.20. The normalized spacial score (nSPS) is 10.8. The molecular weight excluding hydrogens is 322 g/mol. The van der Waals surface area contributed by atoms with Gasteiger partial charge in [-0.2, -0.15) is 0 Å². The lowest BCUT2D eigenvalue weighted by Crippen LogP contribution is -2.14. The van der Waals surface area contributed by atoms with Crippen molar-refractivity contribution in [3.05, 3.63) is 89.6 Å². The summed E-state index contributed by atoms with van der Waals surface area (Å²) in [5, 5.41) is 3.06. The molecule has 0 aliphatic heterocycles. The van der Waals surface area contributed by atoms with Crippen molar-refractivity contribution >= 4 is 17.4 Å². The van der Waals surface area contributed by atoms with Gasteiger partial charge in [-0.15, -0.1) is 0 Å². The van der Waals surface area contributed by atoms with Crippen LogP contribution in [0.2, 0.25) is 0 Å². The third-order valence-corrected chi connectivity index (χ3v) is 4.29. The molecule has 0 spiro atoms. The van der Waals surface area contributed by atoms with Gasteiger partial charge in [0, 0.05) is 17.3 Å². The number of aromatic nitrogens is 2. The zero-order chi connectivity index (χ0) is 18.1. The van der Waals surface area contributed by atoms with E-state index in [0.717, 1.165) is 28.0 Å². The molecule has 128 valence electrons. The standard InChI is InChI=1S/C22H19N3O/c1-15-12-16(2)14-18(13-15)22(26)24-21-20(17-8-4-3-5-9-17)23-19-10-6-7-11-25(19)21/h3-14H,1-2H3,(H,24,26). The van der Waals surface area contributed by atoms with Gasteiger partial charge in [-0.05, 0) is 38.1 Å². The molecule has 2 aromatic carbocycles. The molecule has 4 rings (SSSR count). The predicted molar refractivity (Wildman–Crippen MR) is 104 cm³/mol. The molecule has 0 bridgehead atoms. The van der Waals surface area contributed by atoms with Crippen LogP contribution in [-0.4, -0.2) is 15.3 Å². The van der Waals surface area contributed by atoms with E-state index in [4.69, 9.17) is 4.98 Å².